The predicted octanol–water partition coefficient (Wildman–Crippen LogP) is 1.32. The number of rotatable bonds is 6. The maximum absolute atomic E-state index is 11.6. The Labute approximate surface area is 106 Å². The van der Waals surface area contributed by atoms with Gasteiger partial charge in [0.05, 0.1) is 18.6 Å². The van der Waals surface area contributed by atoms with Gasteiger partial charge in [0, 0.05) is 11.6 Å². The van der Waals surface area contributed by atoms with Crippen LogP contribution in [0.4, 0.5) is 0 Å². The molecule has 1 amide bonds. The van der Waals surface area contributed by atoms with Crippen molar-refractivity contribution in [3.05, 3.63) is 16.6 Å². The monoisotopic (exact) mass is 251 g/mol. The standard InChI is InChI=1S/C12H17N3OS/c1-4-6-13-11(16)9(3)15-10(5-2)12-14-7-8-17-12/h1,7-10,15H,5-6H2,2-3H3,(H,13,16). The Hall–Kier alpha value is -1.38. The van der Waals surface area contributed by atoms with Gasteiger partial charge >= 0.3 is 0 Å². The van der Waals surface area contributed by atoms with Crippen LogP contribution in [0.1, 0.15) is 31.3 Å². The molecule has 0 radical (unpaired) electrons. The molecule has 1 heterocycles. The third-order valence-electron chi connectivity index (χ3n) is 2.37. The highest BCUT2D eigenvalue weighted by Gasteiger charge is 2.18. The van der Waals surface area contributed by atoms with Crippen molar-refractivity contribution in [3.8, 4) is 12.3 Å². The van der Waals surface area contributed by atoms with E-state index >= 15 is 0 Å². The van der Waals surface area contributed by atoms with Crippen LogP contribution in [0.25, 0.3) is 0 Å². The first-order chi connectivity index (χ1) is 8.19. The number of thiazole rings is 1. The summed E-state index contributed by atoms with van der Waals surface area (Å²) in [7, 11) is 0. The molecule has 2 atom stereocenters. The fourth-order valence-corrected chi connectivity index (χ4v) is 2.22. The van der Waals surface area contributed by atoms with Crippen LogP contribution in [0, 0.1) is 12.3 Å². The average molecular weight is 251 g/mol. The average Bonchev–Trinajstić information content (AvgIpc) is 2.86. The van der Waals surface area contributed by atoms with Crippen molar-refractivity contribution in [2.45, 2.75) is 32.4 Å². The summed E-state index contributed by atoms with van der Waals surface area (Å²) in [6.45, 7) is 4.14. The molecule has 0 saturated carbocycles. The number of hydrogen-bond acceptors (Lipinski definition) is 4. The topological polar surface area (TPSA) is 54.0 Å². The molecule has 0 fully saturated rings. The van der Waals surface area contributed by atoms with E-state index in [2.05, 4.69) is 28.5 Å². The Balaban J connectivity index is 2.51. The molecule has 0 bridgehead atoms. The Morgan fingerprint density at radius 3 is 3.00 bits per heavy atom. The van der Waals surface area contributed by atoms with Crippen LogP contribution in [-0.2, 0) is 4.79 Å². The fourth-order valence-electron chi connectivity index (χ4n) is 1.44. The number of nitrogens with one attached hydrogen (secondary N) is 2. The van der Waals surface area contributed by atoms with Crippen LogP contribution in [-0.4, -0.2) is 23.5 Å². The summed E-state index contributed by atoms with van der Waals surface area (Å²) in [4.78, 5) is 15.9. The second-order valence-electron chi connectivity index (χ2n) is 3.64. The van der Waals surface area contributed by atoms with Crippen LogP contribution < -0.4 is 10.6 Å². The summed E-state index contributed by atoms with van der Waals surface area (Å²) in [5, 5.41) is 8.83. The summed E-state index contributed by atoms with van der Waals surface area (Å²) in [5.74, 6) is 2.29. The molecule has 0 aliphatic rings. The highest BCUT2D eigenvalue weighted by molar-refractivity contribution is 7.09. The van der Waals surface area contributed by atoms with Crippen molar-refractivity contribution in [2.75, 3.05) is 6.54 Å². The quantitative estimate of drug-likeness (QED) is 0.750. The number of terminal acetylenes is 1. The molecule has 0 spiro atoms. The maximum Gasteiger partial charge on any atom is 0.237 e. The van der Waals surface area contributed by atoms with Crippen molar-refractivity contribution in [2.24, 2.45) is 0 Å². The van der Waals surface area contributed by atoms with Gasteiger partial charge in [0.25, 0.3) is 0 Å². The Morgan fingerprint density at radius 2 is 2.47 bits per heavy atom. The van der Waals surface area contributed by atoms with Crippen molar-refractivity contribution in [1.29, 1.82) is 0 Å². The molecule has 1 rings (SSSR count). The van der Waals surface area contributed by atoms with E-state index in [0.717, 1.165) is 11.4 Å². The summed E-state index contributed by atoms with van der Waals surface area (Å²) >= 11 is 1.59. The van der Waals surface area contributed by atoms with E-state index in [-0.39, 0.29) is 24.5 Å². The van der Waals surface area contributed by atoms with Gasteiger partial charge in [-0.2, -0.15) is 0 Å². The van der Waals surface area contributed by atoms with Crippen molar-refractivity contribution in [3.63, 3.8) is 0 Å². The predicted molar refractivity (Wildman–Crippen MR) is 69.6 cm³/mol. The van der Waals surface area contributed by atoms with Crippen LogP contribution in [0.5, 0.6) is 0 Å². The molecule has 1 aromatic rings. The third kappa shape index (κ3) is 4.17. The zero-order chi connectivity index (χ0) is 12.7. The lowest BCUT2D eigenvalue weighted by molar-refractivity contribution is -0.122. The molecular formula is C12H17N3OS. The molecule has 4 nitrogen and oxygen atoms in total. The van der Waals surface area contributed by atoms with E-state index in [9.17, 15) is 4.79 Å². The van der Waals surface area contributed by atoms with Crippen LogP contribution in [0.2, 0.25) is 0 Å². The second-order valence-corrected chi connectivity index (χ2v) is 4.57. The van der Waals surface area contributed by atoms with Gasteiger partial charge in [-0.15, -0.1) is 17.8 Å². The van der Waals surface area contributed by atoms with Crippen LogP contribution in [0.3, 0.4) is 0 Å². The van der Waals surface area contributed by atoms with Crippen molar-refractivity contribution >= 4 is 17.2 Å². The molecule has 2 N–H and O–H groups in total. The molecule has 17 heavy (non-hydrogen) atoms. The lowest BCUT2D eigenvalue weighted by Crippen LogP contribution is -2.43. The number of carbonyl (C=O) groups excluding carboxylic acids is 1. The van der Waals surface area contributed by atoms with Gasteiger partial charge in [-0.25, -0.2) is 4.98 Å². The van der Waals surface area contributed by atoms with Gasteiger partial charge in [-0.3, -0.25) is 10.1 Å². The first-order valence-electron chi connectivity index (χ1n) is 5.55. The maximum atomic E-state index is 11.6. The molecule has 0 aliphatic carbocycles. The molecule has 0 saturated heterocycles. The zero-order valence-corrected chi connectivity index (χ0v) is 10.9. The van der Waals surface area contributed by atoms with Crippen molar-refractivity contribution in [1.82, 2.24) is 15.6 Å². The number of carbonyl (C=O) groups is 1. The second kappa shape index (κ2) is 7.05. The third-order valence-corrected chi connectivity index (χ3v) is 3.26. The highest BCUT2D eigenvalue weighted by Crippen LogP contribution is 2.19. The molecule has 92 valence electrons. The van der Waals surface area contributed by atoms with Gasteiger partial charge in [0.15, 0.2) is 0 Å². The van der Waals surface area contributed by atoms with E-state index < -0.39 is 0 Å². The number of hydrogen-bond donors (Lipinski definition) is 2. The molecule has 1 aromatic heterocycles. The Morgan fingerprint density at radius 1 is 1.71 bits per heavy atom. The lowest BCUT2D eigenvalue weighted by atomic mass is 10.2. The highest BCUT2D eigenvalue weighted by atomic mass is 32.1. The van der Waals surface area contributed by atoms with E-state index in [0.29, 0.717) is 0 Å². The van der Waals surface area contributed by atoms with Gasteiger partial charge < -0.3 is 5.32 Å². The molecule has 0 aromatic carbocycles. The Kier molecular flexibility index (Phi) is 5.67. The minimum atomic E-state index is -0.280. The van der Waals surface area contributed by atoms with Gasteiger partial charge in [-0.1, -0.05) is 12.8 Å². The number of nitrogens with zero attached hydrogens (tertiary/aromatic N) is 1. The first kappa shape index (κ1) is 13.7. The zero-order valence-electron chi connectivity index (χ0n) is 10.1. The van der Waals surface area contributed by atoms with Gasteiger partial charge in [0.2, 0.25) is 5.91 Å². The molecule has 5 heteroatoms. The lowest BCUT2D eigenvalue weighted by Gasteiger charge is -2.19. The number of aromatic nitrogens is 1. The van der Waals surface area contributed by atoms with Crippen LogP contribution >= 0.6 is 11.3 Å². The summed E-state index contributed by atoms with van der Waals surface area (Å²) in [5.41, 5.74) is 0. The molecular weight excluding hydrogens is 234 g/mol. The molecule has 2 unspecified atom stereocenters. The summed E-state index contributed by atoms with van der Waals surface area (Å²) in [6.07, 6.45) is 7.75. The summed E-state index contributed by atoms with van der Waals surface area (Å²) < 4.78 is 0. The Bertz CT molecular complexity index is 383. The largest absolute Gasteiger partial charge is 0.344 e. The van der Waals surface area contributed by atoms with E-state index in [1.165, 1.54) is 0 Å². The number of amides is 1. The minimum Gasteiger partial charge on any atom is -0.344 e. The molecule has 0 aliphatic heterocycles. The normalized spacial score (nSPS) is 13.7. The minimum absolute atomic E-state index is 0.0852. The van der Waals surface area contributed by atoms with Gasteiger partial charge in [0.1, 0.15) is 5.01 Å². The van der Waals surface area contributed by atoms with E-state index in [1.807, 2.05) is 12.3 Å². The van der Waals surface area contributed by atoms with E-state index in [1.54, 1.807) is 17.5 Å². The van der Waals surface area contributed by atoms with Gasteiger partial charge in [-0.05, 0) is 13.3 Å². The first-order valence-corrected chi connectivity index (χ1v) is 6.43. The smallest absolute Gasteiger partial charge is 0.237 e. The van der Waals surface area contributed by atoms with E-state index in [4.69, 9.17) is 6.42 Å². The summed E-state index contributed by atoms with van der Waals surface area (Å²) in [6, 6.07) is -0.168. The fraction of sp³-hybridized carbons (Fsp3) is 0.500. The van der Waals surface area contributed by atoms with Crippen LogP contribution in [0.15, 0.2) is 11.6 Å². The van der Waals surface area contributed by atoms with Crippen molar-refractivity contribution < 1.29 is 4.79 Å². The SMILES string of the molecule is C#CCNC(=O)C(C)NC(CC)c1nccs1.